The number of carboxylic acid groups (broad SMARTS) is 1. The SMILES string of the molecule is CCN(C(C)C)C(CC)(CC)C(=O)O. The smallest absolute Gasteiger partial charge is 0.324 e. The molecule has 3 nitrogen and oxygen atoms in total. The predicted octanol–water partition coefficient (Wildman–Crippen LogP) is 2.36. The first-order valence-electron chi connectivity index (χ1n) is 5.46. The number of nitrogens with zero attached hydrogens (tertiary/aromatic N) is 1. The van der Waals surface area contributed by atoms with Gasteiger partial charge in [-0.05, 0) is 33.2 Å². The van der Waals surface area contributed by atoms with Crippen molar-refractivity contribution in [3.63, 3.8) is 0 Å². The lowest BCUT2D eigenvalue weighted by Crippen LogP contribution is -2.56. The van der Waals surface area contributed by atoms with Crippen molar-refractivity contribution < 1.29 is 9.90 Å². The summed E-state index contributed by atoms with van der Waals surface area (Å²) in [5, 5.41) is 9.33. The largest absolute Gasteiger partial charge is 0.480 e. The Bertz CT molecular complexity index is 186. The molecule has 14 heavy (non-hydrogen) atoms. The minimum atomic E-state index is -0.696. The molecular weight excluding hydrogens is 178 g/mol. The average Bonchev–Trinajstić information content (AvgIpc) is 2.12. The first-order valence-corrected chi connectivity index (χ1v) is 5.46. The highest BCUT2D eigenvalue weighted by Gasteiger charge is 2.41. The van der Waals surface area contributed by atoms with E-state index >= 15 is 0 Å². The van der Waals surface area contributed by atoms with Crippen LogP contribution < -0.4 is 0 Å². The maximum Gasteiger partial charge on any atom is 0.324 e. The van der Waals surface area contributed by atoms with Crippen LogP contribution in [-0.2, 0) is 4.79 Å². The molecule has 0 aromatic carbocycles. The Morgan fingerprint density at radius 3 is 1.79 bits per heavy atom. The Morgan fingerprint density at radius 2 is 1.71 bits per heavy atom. The summed E-state index contributed by atoms with van der Waals surface area (Å²) in [6, 6.07) is 0.274. The maximum atomic E-state index is 11.3. The van der Waals surface area contributed by atoms with E-state index in [1.165, 1.54) is 0 Å². The lowest BCUT2D eigenvalue weighted by atomic mass is 9.89. The van der Waals surface area contributed by atoms with Crippen molar-refractivity contribution in [3.8, 4) is 0 Å². The van der Waals surface area contributed by atoms with Crippen molar-refractivity contribution in [2.45, 2.75) is 59.0 Å². The lowest BCUT2D eigenvalue weighted by Gasteiger charge is -2.41. The molecule has 0 saturated carbocycles. The first kappa shape index (κ1) is 13.4. The summed E-state index contributed by atoms with van der Waals surface area (Å²) < 4.78 is 0. The molecule has 0 aromatic rings. The third-order valence-electron chi connectivity index (χ3n) is 3.08. The van der Waals surface area contributed by atoms with Gasteiger partial charge in [0, 0.05) is 6.04 Å². The molecule has 0 heterocycles. The van der Waals surface area contributed by atoms with Gasteiger partial charge < -0.3 is 5.11 Å². The summed E-state index contributed by atoms with van der Waals surface area (Å²) >= 11 is 0. The van der Waals surface area contributed by atoms with Crippen molar-refractivity contribution in [2.75, 3.05) is 6.54 Å². The van der Waals surface area contributed by atoms with Crippen LogP contribution in [0.15, 0.2) is 0 Å². The quantitative estimate of drug-likeness (QED) is 0.717. The fourth-order valence-electron chi connectivity index (χ4n) is 2.24. The molecule has 0 radical (unpaired) electrons. The zero-order valence-electron chi connectivity index (χ0n) is 10.0. The maximum absolute atomic E-state index is 11.3. The minimum absolute atomic E-state index is 0.274. The molecule has 0 aliphatic heterocycles. The molecular formula is C11H23NO2. The fraction of sp³-hybridized carbons (Fsp3) is 0.909. The number of rotatable bonds is 6. The second-order valence-electron chi connectivity index (χ2n) is 3.92. The highest BCUT2D eigenvalue weighted by atomic mass is 16.4. The highest BCUT2D eigenvalue weighted by Crippen LogP contribution is 2.26. The Kier molecular flexibility index (Phi) is 5.13. The van der Waals surface area contributed by atoms with Crippen LogP contribution in [0.1, 0.15) is 47.5 Å². The number of likely N-dealkylation sites (N-methyl/N-ethyl adjacent to an activating group) is 1. The van der Waals surface area contributed by atoms with Gasteiger partial charge in [0.15, 0.2) is 0 Å². The van der Waals surface area contributed by atoms with Crippen LogP contribution in [0, 0.1) is 0 Å². The number of aliphatic carboxylic acids is 1. The molecule has 1 N–H and O–H groups in total. The minimum Gasteiger partial charge on any atom is -0.480 e. The molecule has 0 bridgehead atoms. The molecule has 0 spiro atoms. The van der Waals surface area contributed by atoms with Gasteiger partial charge in [-0.2, -0.15) is 0 Å². The zero-order valence-corrected chi connectivity index (χ0v) is 10.0. The summed E-state index contributed by atoms with van der Waals surface area (Å²) in [5.74, 6) is -0.696. The van der Waals surface area contributed by atoms with Gasteiger partial charge in [0.05, 0.1) is 0 Å². The molecule has 0 amide bonds. The van der Waals surface area contributed by atoms with E-state index in [0.717, 1.165) is 6.54 Å². The van der Waals surface area contributed by atoms with Crippen LogP contribution in [0.4, 0.5) is 0 Å². The van der Waals surface area contributed by atoms with E-state index in [2.05, 4.69) is 4.90 Å². The van der Waals surface area contributed by atoms with Crippen molar-refractivity contribution in [1.29, 1.82) is 0 Å². The molecule has 0 atom stereocenters. The Hall–Kier alpha value is -0.570. The molecule has 0 aliphatic carbocycles. The summed E-state index contributed by atoms with van der Waals surface area (Å²) in [6.07, 6.45) is 1.32. The van der Waals surface area contributed by atoms with Gasteiger partial charge in [0.1, 0.15) is 5.54 Å². The van der Waals surface area contributed by atoms with E-state index in [9.17, 15) is 9.90 Å². The second-order valence-corrected chi connectivity index (χ2v) is 3.92. The van der Waals surface area contributed by atoms with Crippen LogP contribution in [0.2, 0.25) is 0 Å². The lowest BCUT2D eigenvalue weighted by molar-refractivity contribution is -0.153. The number of carbonyl (C=O) groups is 1. The van der Waals surface area contributed by atoms with Crippen molar-refractivity contribution >= 4 is 5.97 Å². The van der Waals surface area contributed by atoms with Crippen LogP contribution in [-0.4, -0.2) is 34.1 Å². The van der Waals surface area contributed by atoms with E-state index in [4.69, 9.17) is 0 Å². The van der Waals surface area contributed by atoms with Gasteiger partial charge >= 0.3 is 5.97 Å². The number of hydrogen-bond donors (Lipinski definition) is 1. The van der Waals surface area contributed by atoms with Gasteiger partial charge in [-0.25, -0.2) is 0 Å². The topological polar surface area (TPSA) is 40.5 Å². The van der Waals surface area contributed by atoms with Crippen molar-refractivity contribution in [3.05, 3.63) is 0 Å². The molecule has 0 rings (SSSR count). The summed E-state index contributed by atoms with van der Waals surface area (Å²) in [7, 11) is 0. The average molecular weight is 201 g/mol. The van der Waals surface area contributed by atoms with E-state index < -0.39 is 11.5 Å². The van der Waals surface area contributed by atoms with Crippen molar-refractivity contribution in [2.24, 2.45) is 0 Å². The van der Waals surface area contributed by atoms with Crippen LogP contribution in [0.25, 0.3) is 0 Å². The standard InChI is InChI=1S/C11H23NO2/c1-6-11(7-2,10(13)14)12(8-3)9(4)5/h9H,6-8H2,1-5H3,(H,13,14). The van der Waals surface area contributed by atoms with Crippen molar-refractivity contribution in [1.82, 2.24) is 4.90 Å². The zero-order chi connectivity index (χ0) is 11.4. The molecule has 84 valence electrons. The van der Waals surface area contributed by atoms with E-state index in [-0.39, 0.29) is 6.04 Å². The second kappa shape index (κ2) is 5.35. The molecule has 3 heteroatoms. The fourth-order valence-corrected chi connectivity index (χ4v) is 2.24. The third-order valence-corrected chi connectivity index (χ3v) is 3.08. The Morgan fingerprint density at radius 1 is 1.29 bits per heavy atom. The Balaban J connectivity index is 5.03. The predicted molar refractivity (Wildman–Crippen MR) is 58.5 cm³/mol. The van der Waals surface area contributed by atoms with E-state index in [1.807, 2.05) is 34.6 Å². The first-order chi connectivity index (χ1) is 6.46. The molecule has 0 aliphatic rings. The summed E-state index contributed by atoms with van der Waals surface area (Å²) in [4.78, 5) is 13.4. The molecule has 0 aromatic heterocycles. The van der Waals surface area contributed by atoms with Gasteiger partial charge in [0.2, 0.25) is 0 Å². The van der Waals surface area contributed by atoms with Crippen LogP contribution in [0.5, 0.6) is 0 Å². The molecule has 0 fully saturated rings. The molecule has 0 unspecified atom stereocenters. The van der Waals surface area contributed by atoms with Gasteiger partial charge in [-0.3, -0.25) is 9.69 Å². The number of hydrogen-bond acceptors (Lipinski definition) is 2. The number of carboxylic acids is 1. The van der Waals surface area contributed by atoms with E-state index in [0.29, 0.717) is 12.8 Å². The van der Waals surface area contributed by atoms with Gasteiger partial charge in [-0.15, -0.1) is 0 Å². The normalized spacial score (nSPS) is 12.5. The Labute approximate surface area is 87.1 Å². The molecule has 0 saturated heterocycles. The van der Waals surface area contributed by atoms with Crippen LogP contribution >= 0.6 is 0 Å². The van der Waals surface area contributed by atoms with Gasteiger partial charge in [-0.1, -0.05) is 20.8 Å². The summed E-state index contributed by atoms with van der Waals surface area (Å²) in [5.41, 5.74) is -0.678. The summed E-state index contributed by atoms with van der Waals surface area (Å²) in [6.45, 7) is 10.8. The monoisotopic (exact) mass is 201 g/mol. The third kappa shape index (κ3) is 2.27. The van der Waals surface area contributed by atoms with E-state index in [1.54, 1.807) is 0 Å². The highest BCUT2D eigenvalue weighted by molar-refractivity contribution is 5.78. The van der Waals surface area contributed by atoms with Gasteiger partial charge in [0.25, 0.3) is 0 Å². The van der Waals surface area contributed by atoms with Crippen LogP contribution in [0.3, 0.4) is 0 Å².